The third-order valence-corrected chi connectivity index (χ3v) is 4.10. The molecule has 1 aromatic heterocycles. The zero-order chi connectivity index (χ0) is 21.0. The molecule has 3 rings (SSSR count). The monoisotopic (exact) mass is 389 g/mol. The molecule has 2 aromatic carbocycles. The van der Waals surface area contributed by atoms with Crippen LogP contribution in [0.5, 0.6) is 0 Å². The minimum atomic E-state index is -0.819. The van der Waals surface area contributed by atoms with Gasteiger partial charge >= 0.3 is 0 Å². The standard InChI is InChI=1S/C20H17BFN5O2/c21-12-6-8-17(25-10-12)27-20(29)14-3-1-2-4-16(14)26-19(28)13-7-5-11(18(23)24)9-15(13)22/h1-10H,21H2,(H3,23,24)(H,26,28)(H,25,27,29). The van der Waals surface area contributed by atoms with E-state index in [9.17, 15) is 14.0 Å². The molecular weight excluding hydrogens is 372 g/mol. The van der Waals surface area contributed by atoms with Gasteiger partial charge in [-0.05, 0) is 30.3 Å². The highest BCUT2D eigenvalue weighted by Gasteiger charge is 2.17. The summed E-state index contributed by atoms with van der Waals surface area (Å²) in [5.74, 6) is -1.95. The quantitative estimate of drug-likeness (QED) is 0.298. The number of nitrogen functional groups attached to an aromatic ring is 1. The summed E-state index contributed by atoms with van der Waals surface area (Å²) in [6.45, 7) is 0. The molecule has 0 fully saturated rings. The number of carbonyl (C=O) groups is 2. The maximum absolute atomic E-state index is 14.2. The van der Waals surface area contributed by atoms with Gasteiger partial charge in [0.15, 0.2) is 0 Å². The molecule has 0 spiro atoms. The molecule has 0 aliphatic rings. The molecule has 5 N–H and O–H groups in total. The summed E-state index contributed by atoms with van der Waals surface area (Å²) in [4.78, 5) is 29.2. The number of nitrogens with zero attached hydrogens (tertiary/aromatic N) is 1. The van der Waals surface area contributed by atoms with Crippen LogP contribution in [-0.2, 0) is 0 Å². The minimum Gasteiger partial charge on any atom is -0.384 e. The molecule has 0 bridgehead atoms. The average Bonchev–Trinajstić information content (AvgIpc) is 2.69. The Hall–Kier alpha value is -4.01. The smallest absolute Gasteiger partial charge is 0.258 e. The van der Waals surface area contributed by atoms with Crippen LogP contribution in [0.1, 0.15) is 26.3 Å². The van der Waals surface area contributed by atoms with Gasteiger partial charge in [0.2, 0.25) is 0 Å². The van der Waals surface area contributed by atoms with Gasteiger partial charge in [-0.25, -0.2) is 9.37 Å². The summed E-state index contributed by atoms with van der Waals surface area (Å²) in [5.41, 5.74) is 6.63. The number of nitrogens with two attached hydrogens (primary N) is 1. The van der Waals surface area contributed by atoms with Crippen molar-refractivity contribution in [2.75, 3.05) is 10.6 Å². The van der Waals surface area contributed by atoms with E-state index in [1.807, 2.05) is 13.9 Å². The number of amidine groups is 1. The van der Waals surface area contributed by atoms with Crippen molar-refractivity contribution >= 4 is 42.5 Å². The van der Waals surface area contributed by atoms with E-state index in [-0.39, 0.29) is 28.2 Å². The predicted molar refractivity (Wildman–Crippen MR) is 112 cm³/mol. The van der Waals surface area contributed by atoms with E-state index in [2.05, 4.69) is 15.6 Å². The summed E-state index contributed by atoms with van der Waals surface area (Å²) in [6, 6.07) is 13.5. The molecule has 3 aromatic rings. The molecule has 0 radical (unpaired) electrons. The van der Waals surface area contributed by atoms with E-state index in [1.165, 1.54) is 24.3 Å². The van der Waals surface area contributed by atoms with Gasteiger partial charge in [0.25, 0.3) is 11.8 Å². The lowest BCUT2D eigenvalue weighted by molar-refractivity contribution is 0.102. The topological polar surface area (TPSA) is 121 Å². The largest absolute Gasteiger partial charge is 0.384 e. The maximum Gasteiger partial charge on any atom is 0.258 e. The van der Waals surface area contributed by atoms with E-state index in [4.69, 9.17) is 11.1 Å². The third kappa shape index (κ3) is 4.64. The van der Waals surface area contributed by atoms with Crippen molar-refractivity contribution in [1.29, 1.82) is 5.41 Å². The fraction of sp³-hybridized carbons (Fsp3) is 0. The van der Waals surface area contributed by atoms with E-state index < -0.39 is 17.6 Å². The van der Waals surface area contributed by atoms with Gasteiger partial charge in [-0.3, -0.25) is 15.0 Å². The van der Waals surface area contributed by atoms with Crippen LogP contribution in [0.2, 0.25) is 0 Å². The summed E-state index contributed by atoms with van der Waals surface area (Å²) in [7, 11) is 1.88. The Morgan fingerprint density at radius 1 is 1.00 bits per heavy atom. The van der Waals surface area contributed by atoms with Gasteiger partial charge in [-0.15, -0.1) is 0 Å². The molecular formula is C20H17BFN5O2. The molecule has 1 heterocycles. The van der Waals surface area contributed by atoms with Crippen molar-refractivity contribution in [2.24, 2.45) is 5.73 Å². The van der Waals surface area contributed by atoms with Crippen molar-refractivity contribution in [2.45, 2.75) is 0 Å². The van der Waals surface area contributed by atoms with Gasteiger partial charge in [0, 0.05) is 11.8 Å². The average molecular weight is 389 g/mol. The first-order valence-electron chi connectivity index (χ1n) is 8.63. The summed E-state index contributed by atoms with van der Waals surface area (Å²) >= 11 is 0. The number of aromatic nitrogens is 1. The highest BCUT2D eigenvalue weighted by atomic mass is 19.1. The number of para-hydroxylation sites is 1. The number of amides is 2. The highest BCUT2D eigenvalue weighted by Crippen LogP contribution is 2.19. The number of halogens is 1. The zero-order valence-electron chi connectivity index (χ0n) is 15.5. The lowest BCUT2D eigenvalue weighted by Gasteiger charge is -2.12. The molecule has 0 aliphatic heterocycles. The Labute approximate surface area is 167 Å². The summed E-state index contributed by atoms with van der Waals surface area (Å²) in [5, 5.41) is 12.5. The lowest BCUT2D eigenvalue weighted by Crippen LogP contribution is -2.20. The van der Waals surface area contributed by atoms with Crippen molar-refractivity contribution in [3.05, 3.63) is 83.3 Å². The number of pyridine rings is 1. The highest BCUT2D eigenvalue weighted by molar-refractivity contribution is 6.32. The van der Waals surface area contributed by atoms with Crippen molar-refractivity contribution in [1.82, 2.24) is 4.98 Å². The molecule has 0 aliphatic carbocycles. The first kappa shape index (κ1) is 19.7. The number of nitrogens with one attached hydrogen (secondary N) is 3. The number of carbonyl (C=O) groups excluding carboxylic acids is 2. The second kappa shape index (κ2) is 8.34. The maximum atomic E-state index is 14.2. The second-order valence-corrected chi connectivity index (χ2v) is 6.28. The van der Waals surface area contributed by atoms with Gasteiger partial charge in [0.05, 0.1) is 16.8 Å². The van der Waals surface area contributed by atoms with E-state index >= 15 is 0 Å². The number of benzene rings is 2. The fourth-order valence-electron chi connectivity index (χ4n) is 2.57. The van der Waals surface area contributed by atoms with Crippen LogP contribution in [0.4, 0.5) is 15.9 Å². The van der Waals surface area contributed by atoms with Gasteiger partial charge in [-0.2, -0.15) is 0 Å². The van der Waals surface area contributed by atoms with Gasteiger partial charge in [-0.1, -0.05) is 29.7 Å². The minimum absolute atomic E-state index is 0.171. The van der Waals surface area contributed by atoms with Crippen molar-refractivity contribution < 1.29 is 14.0 Å². The third-order valence-electron chi connectivity index (χ3n) is 4.10. The zero-order valence-corrected chi connectivity index (χ0v) is 15.5. The first-order chi connectivity index (χ1) is 13.8. The molecule has 0 saturated heterocycles. The molecule has 7 nitrogen and oxygen atoms in total. The second-order valence-electron chi connectivity index (χ2n) is 6.28. The molecule has 0 unspecified atom stereocenters. The van der Waals surface area contributed by atoms with Crippen LogP contribution in [0, 0.1) is 11.2 Å². The Morgan fingerprint density at radius 2 is 1.72 bits per heavy atom. The Balaban J connectivity index is 1.81. The number of hydrogen-bond donors (Lipinski definition) is 4. The molecule has 144 valence electrons. The SMILES string of the molecule is Bc1ccc(NC(=O)c2ccccc2NC(=O)c2ccc(C(=N)N)cc2F)nc1. The number of rotatable bonds is 5. The Morgan fingerprint density at radius 3 is 2.38 bits per heavy atom. The first-order valence-corrected chi connectivity index (χ1v) is 8.63. The molecule has 2 amide bonds. The predicted octanol–water partition coefficient (Wildman–Crippen LogP) is 1.27. The Kier molecular flexibility index (Phi) is 5.68. The van der Waals surface area contributed by atoms with E-state index in [0.29, 0.717) is 5.82 Å². The van der Waals surface area contributed by atoms with Crippen molar-refractivity contribution in [3.63, 3.8) is 0 Å². The molecule has 0 atom stereocenters. The number of hydrogen-bond acceptors (Lipinski definition) is 4. The molecule has 9 heteroatoms. The van der Waals surface area contributed by atoms with Gasteiger partial charge in [0.1, 0.15) is 25.3 Å². The number of anilines is 2. The summed E-state index contributed by atoms with van der Waals surface area (Å²) in [6.07, 6.45) is 1.62. The van der Waals surface area contributed by atoms with E-state index in [1.54, 1.807) is 24.4 Å². The van der Waals surface area contributed by atoms with Crippen LogP contribution >= 0.6 is 0 Å². The van der Waals surface area contributed by atoms with Crippen LogP contribution in [0.15, 0.2) is 60.8 Å². The molecule has 0 saturated carbocycles. The summed E-state index contributed by atoms with van der Waals surface area (Å²) < 4.78 is 14.2. The van der Waals surface area contributed by atoms with Gasteiger partial charge < -0.3 is 16.4 Å². The normalized spacial score (nSPS) is 10.2. The lowest BCUT2D eigenvalue weighted by atomic mass is 9.99. The van der Waals surface area contributed by atoms with Crippen LogP contribution < -0.4 is 21.8 Å². The van der Waals surface area contributed by atoms with Crippen LogP contribution in [0.25, 0.3) is 0 Å². The molecule has 29 heavy (non-hydrogen) atoms. The van der Waals surface area contributed by atoms with E-state index in [0.717, 1.165) is 11.5 Å². The Bertz CT molecular complexity index is 1100. The van der Waals surface area contributed by atoms with Crippen LogP contribution in [0.3, 0.4) is 0 Å². The van der Waals surface area contributed by atoms with Crippen LogP contribution in [-0.4, -0.2) is 30.5 Å². The van der Waals surface area contributed by atoms with Crippen molar-refractivity contribution in [3.8, 4) is 0 Å². The fourth-order valence-corrected chi connectivity index (χ4v) is 2.57.